The van der Waals surface area contributed by atoms with E-state index in [0.717, 1.165) is 12.1 Å². The third kappa shape index (κ3) is 2.02. The first-order chi connectivity index (χ1) is 7.74. The van der Waals surface area contributed by atoms with E-state index >= 15 is 0 Å². The van der Waals surface area contributed by atoms with Crippen molar-refractivity contribution in [3.8, 4) is 0 Å². The number of aryl methyl sites for hydroxylation is 1. The number of hydrogen-bond acceptors (Lipinski definition) is 3. The van der Waals surface area contributed by atoms with Crippen LogP contribution >= 0.6 is 0 Å². The van der Waals surface area contributed by atoms with Crippen molar-refractivity contribution in [3.63, 3.8) is 0 Å². The third-order valence-electron chi connectivity index (χ3n) is 2.79. The van der Waals surface area contributed by atoms with E-state index in [9.17, 15) is 4.79 Å². The standard InChI is InChI=1S/C12H16N2O2/c1-2-9-3-5-10(6-4-9)14-8-11(7-13)16-12(14)15/h3-6,11H,2,7-8,13H2,1H3. The number of benzene rings is 1. The van der Waals surface area contributed by atoms with Gasteiger partial charge in [0, 0.05) is 12.2 Å². The molecule has 0 saturated carbocycles. The van der Waals surface area contributed by atoms with E-state index in [4.69, 9.17) is 10.5 Å². The molecule has 0 bridgehead atoms. The summed E-state index contributed by atoms with van der Waals surface area (Å²) in [6.45, 7) is 3.01. The Kier molecular flexibility index (Phi) is 3.10. The molecule has 1 saturated heterocycles. The molecule has 0 radical (unpaired) electrons. The first-order valence-electron chi connectivity index (χ1n) is 5.51. The van der Waals surface area contributed by atoms with Gasteiger partial charge in [0.25, 0.3) is 0 Å². The molecule has 0 spiro atoms. The number of carbonyl (C=O) groups excluding carboxylic acids is 1. The number of rotatable bonds is 3. The molecule has 86 valence electrons. The normalized spacial score (nSPS) is 20.0. The van der Waals surface area contributed by atoms with Gasteiger partial charge in [-0.1, -0.05) is 19.1 Å². The van der Waals surface area contributed by atoms with Gasteiger partial charge in [0.1, 0.15) is 6.10 Å². The molecule has 0 aromatic heterocycles. The predicted molar refractivity (Wildman–Crippen MR) is 62.5 cm³/mol. The van der Waals surface area contributed by atoms with E-state index in [1.807, 2.05) is 24.3 Å². The average Bonchev–Trinajstić information content (AvgIpc) is 2.71. The highest BCUT2D eigenvalue weighted by Crippen LogP contribution is 2.21. The van der Waals surface area contributed by atoms with Crippen LogP contribution in [0.3, 0.4) is 0 Å². The molecule has 2 rings (SSSR count). The summed E-state index contributed by atoms with van der Waals surface area (Å²) in [5.41, 5.74) is 7.61. The molecule has 1 aromatic carbocycles. The maximum Gasteiger partial charge on any atom is 0.414 e. The predicted octanol–water partition coefficient (Wildman–Crippen LogP) is 1.53. The Morgan fingerprint density at radius 3 is 2.62 bits per heavy atom. The van der Waals surface area contributed by atoms with Gasteiger partial charge in [0.15, 0.2) is 0 Å². The molecular weight excluding hydrogens is 204 g/mol. The zero-order chi connectivity index (χ0) is 11.5. The Morgan fingerprint density at radius 1 is 1.44 bits per heavy atom. The lowest BCUT2D eigenvalue weighted by Crippen LogP contribution is -2.27. The highest BCUT2D eigenvalue weighted by Gasteiger charge is 2.31. The van der Waals surface area contributed by atoms with Crippen molar-refractivity contribution in [2.24, 2.45) is 5.73 Å². The zero-order valence-corrected chi connectivity index (χ0v) is 9.35. The van der Waals surface area contributed by atoms with Crippen LogP contribution in [0.25, 0.3) is 0 Å². The van der Waals surface area contributed by atoms with Crippen molar-refractivity contribution in [2.75, 3.05) is 18.0 Å². The summed E-state index contributed by atoms with van der Waals surface area (Å²) in [6, 6.07) is 7.94. The number of nitrogens with two attached hydrogens (primary N) is 1. The van der Waals surface area contributed by atoms with Crippen LogP contribution in [0.2, 0.25) is 0 Å². The van der Waals surface area contributed by atoms with Crippen LogP contribution in [0.15, 0.2) is 24.3 Å². The SMILES string of the molecule is CCc1ccc(N2CC(CN)OC2=O)cc1. The van der Waals surface area contributed by atoms with Crippen molar-refractivity contribution in [2.45, 2.75) is 19.4 Å². The zero-order valence-electron chi connectivity index (χ0n) is 9.35. The second-order valence-electron chi connectivity index (χ2n) is 3.87. The van der Waals surface area contributed by atoms with Crippen LogP contribution in [-0.2, 0) is 11.2 Å². The van der Waals surface area contributed by atoms with Gasteiger partial charge in [0.2, 0.25) is 0 Å². The van der Waals surface area contributed by atoms with E-state index in [2.05, 4.69) is 6.92 Å². The molecule has 1 heterocycles. The fourth-order valence-corrected chi connectivity index (χ4v) is 1.77. The van der Waals surface area contributed by atoms with Crippen molar-refractivity contribution in [1.82, 2.24) is 0 Å². The quantitative estimate of drug-likeness (QED) is 0.840. The number of ether oxygens (including phenoxy) is 1. The van der Waals surface area contributed by atoms with Crippen molar-refractivity contribution >= 4 is 11.8 Å². The number of hydrogen-bond donors (Lipinski definition) is 1. The first kappa shape index (κ1) is 11.0. The third-order valence-corrected chi connectivity index (χ3v) is 2.79. The maximum absolute atomic E-state index is 11.5. The summed E-state index contributed by atoms with van der Waals surface area (Å²) >= 11 is 0. The second-order valence-corrected chi connectivity index (χ2v) is 3.87. The van der Waals surface area contributed by atoms with E-state index in [1.165, 1.54) is 5.56 Å². The van der Waals surface area contributed by atoms with Gasteiger partial charge in [-0.3, -0.25) is 4.90 Å². The molecule has 1 unspecified atom stereocenters. The second kappa shape index (κ2) is 4.53. The summed E-state index contributed by atoms with van der Waals surface area (Å²) in [5, 5.41) is 0. The summed E-state index contributed by atoms with van der Waals surface area (Å²) in [6.07, 6.45) is 0.508. The fourth-order valence-electron chi connectivity index (χ4n) is 1.77. The van der Waals surface area contributed by atoms with Gasteiger partial charge in [-0.05, 0) is 24.1 Å². The monoisotopic (exact) mass is 220 g/mol. The maximum atomic E-state index is 11.5. The van der Waals surface area contributed by atoms with Gasteiger partial charge in [0.05, 0.1) is 6.54 Å². The van der Waals surface area contributed by atoms with Gasteiger partial charge in [-0.15, -0.1) is 0 Å². The molecule has 4 nitrogen and oxygen atoms in total. The molecule has 2 N–H and O–H groups in total. The number of anilines is 1. The van der Waals surface area contributed by atoms with E-state index in [1.54, 1.807) is 4.90 Å². The van der Waals surface area contributed by atoms with E-state index in [0.29, 0.717) is 13.1 Å². The van der Waals surface area contributed by atoms with E-state index < -0.39 is 0 Å². The lowest BCUT2D eigenvalue weighted by atomic mass is 10.1. The van der Waals surface area contributed by atoms with Crippen LogP contribution in [0, 0.1) is 0 Å². The Bertz CT molecular complexity index is 375. The van der Waals surface area contributed by atoms with Gasteiger partial charge in [-0.2, -0.15) is 0 Å². The summed E-state index contributed by atoms with van der Waals surface area (Å²) in [7, 11) is 0. The van der Waals surface area contributed by atoms with Crippen molar-refractivity contribution in [3.05, 3.63) is 29.8 Å². The molecule has 1 aliphatic rings. The number of nitrogens with zero attached hydrogens (tertiary/aromatic N) is 1. The number of cyclic esters (lactones) is 1. The summed E-state index contributed by atoms with van der Waals surface area (Å²) in [4.78, 5) is 13.2. The van der Waals surface area contributed by atoms with Crippen LogP contribution in [0.4, 0.5) is 10.5 Å². The highest BCUT2D eigenvalue weighted by molar-refractivity contribution is 5.89. The van der Waals surface area contributed by atoms with Gasteiger partial charge in [-0.25, -0.2) is 4.79 Å². The molecule has 1 fully saturated rings. The molecule has 4 heteroatoms. The molecule has 1 aromatic rings. The molecule has 1 atom stereocenters. The number of carbonyl (C=O) groups is 1. The average molecular weight is 220 g/mol. The van der Waals surface area contributed by atoms with Crippen LogP contribution in [0.5, 0.6) is 0 Å². The van der Waals surface area contributed by atoms with Gasteiger partial charge >= 0.3 is 6.09 Å². The van der Waals surface area contributed by atoms with E-state index in [-0.39, 0.29) is 12.2 Å². The molecule has 1 amide bonds. The Morgan fingerprint density at radius 2 is 2.12 bits per heavy atom. The van der Waals surface area contributed by atoms with Crippen LogP contribution < -0.4 is 10.6 Å². The topological polar surface area (TPSA) is 55.6 Å². The minimum Gasteiger partial charge on any atom is -0.443 e. The highest BCUT2D eigenvalue weighted by atomic mass is 16.6. The largest absolute Gasteiger partial charge is 0.443 e. The van der Waals surface area contributed by atoms with Crippen molar-refractivity contribution < 1.29 is 9.53 Å². The lowest BCUT2D eigenvalue weighted by molar-refractivity contribution is 0.145. The fraction of sp³-hybridized carbons (Fsp3) is 0.417. The van der Waals surface area contributed by atoms with Gasteiger partial charge < -0.3 is 10.5 Å². The lowest BCUT2D eigenvalue weighted by Gasteiger charge is -2.13. The Balaban J connectivity index is 2.15. The Labute approximate surface area is 95.0 Å². The minimum absolute atomic E-state index is 0.182. The van der Waals surface area contributed by atoms with Crippen molar-refractivity contribution in [1.29, 1.82) is 0 Å². The molecule has 0 aliphatic carbocycles. The summed E-state index contributed by atoms with van der Waals surface area (Å²) < 4.78 is 5.10. The summed E-state index contributed by atoms with van der Waals surface area (Å²) in [5.74, 6) is 0. The molecule has 16 heavy (non-hydrogen) atoms. The smallest absolute Gasteiger partial charge is 0.414 e. The number of amides is 1. The van der Waals surface area contributed by atoms with Crippen LogP contribution in [-0.4, -0.2) is 25.3 Å². The Hall–Kier alpha value is -1.55. The molecule has 1 aliphatic heterocycles. The molecular formula is C12H16N2O2. The first-order valence-corrected chi connectivity index (χ1v) is 5.51. The van der Waals surface area contributed by atoms with Crippen LogP contribution in [0.1, 0.15) is 12.5 Å². The minimum atomic E-state index is -0.306.